The Bertz CT molecular complexity index is 455. The molecular weight excluding hydrogens is 260 g/mol. The fourth-order valence-corrected chi connectivity index (χ4v) is 1.47. The van der Waals surface area contributed by atoms with Crippen LogP contribution in [0.15, 0.2) is 22.7 Å². The molecule has 4 heteroatoms. The van der Waals surface area contributed by atoms with Crippen LogP contribution in [-0.2, 0) is 4.79 Å². The predicted molar refractivity (Wildman–Crippen MR) is 58.7 cm³/mol. The largest absolute Gasteiger partial charge is 0.478 e. The molecule has 76 valence electrons. The summed E-state index contributed by atoms with van der Waals surface area (Å²) in [7, 11) is 0. The lowest BCUT2D eigenvalue weighted by molar-refractivity contribution is -0.107. The van der Waals surface area contributed by atoms with Gasteiger partial charge in [-0.3, -0.25) is 0 Å². The third kappa shape index (κ3) is 3.56. The number of hydrogen-bond acceptors (Lipinski definition) is 2. The highest BCUT2D eigenvalue weighted by atomic mass is 79.9. The second-order valence-electron chi connectivity index (χ2n) is 2.71. The van der Waals surface area contributed by atoms with Crippen LogP contribution in [0.5, 0.6) is 0 Å². The molecule has 0 unspecified atom stereocenters. The first-order chi connectivity index (χ1) is 7.13. The van der Waals surface area contributed by atoms with Crippen molar-refractivity contribution in [2.75, 3.05) is 0 Å². The van der Waals surface area contributed by atoms with Crippen LogP contribution in [0.25, 0.3) is 0 Å². The van der Waals surface area contributed by atoms with E-state index in [9.17, 15) is 9.59 Å². The topological polar surface area (TPSA) is 54.4 Å². The van der Waals surface area contributed by atoms with Gasteiger partial charge in [0, 0.05) is 10.0 Å². The molecule has 0 aliphatic heterocycles. The molecule has 0 spiro atoms. The lowest BCUT2D eigenvalue weighted by Crippen LogP contribution is -1.96. The lowest BCUT2D eigenvalue weighted by Gasteiger charge is -1.97. The van der Waals surface area contributed by atoms with E-state index in [4.69, 9.17) is 5.11 Å². The number of carboxylic acids is 1. The smallest absolute Gasteiger partial charge is 0.335 e. The second kappa shape index (κ2) is 5.32. The molecule has 0 bridgehead atoms. The number of aldehydes is 1. The van der Waals surface area contributed by atoms with Gasteiger partial charge in [-0.25, -0.2) is 4.79 Å². The molecule has 1 aromatic rings. The summed E-state index contributed by atoms with van der Waals surface area (Å²) in [4.78, 5) is 20.7. The van der Waals surface area contributed by atoms with Crippen molar-refractivity contribution in [3.8, 4) is 11.8 Å². The summed E-state index contributed by atoms with van der Waals surface area (Å²) in [6, 6.07) is 4.66. The normalized spacial score (nSPS) is 8.87. The van der Waals surface area contributed by atoms with Gasteiger partial charge in [0.1, 0.15) is 6.29 Å². The number of carbonyl (C=O) groups excluding carboxylic acids is 1. The molecule has 1 N–H and O–H groups in total. The first kappa shape index (κ1) is 11.5. The van der Waals surface area contributed by atoms with Gasteiger partial charge in [0.15, 0.2) is 0 Å². The maximum atomic E-state index is 10.7. The highest BCUT2D eigenvalue weighted by molar-refractivity contribution is 9.10. The van der Waals surface area contributed by atoms with Gasteiger partial charge in [0.2, 0.25) is 0 Å². The molecule has 1 aromatic carbocycles. The zero-order valence-electron chi connectivity index (χ0n) is 7.66. The average Bonchev–Trinajstić information content (AvgIpc) is 2.17. The second-order valence-corrected chi connectivity index (χ2v) is 3.62. The van der Waals surface area contributed by atoms with Crippen LogP contribution >= 0.6 is 15.9 Å². The van der Waals surface area contributed by atoms with Crippen LogP contribution in [0.4, 0.5) is 0 Å². The standard InChI is InChI=1S/C11H7BrO3/c12-10-6-8(3-1-2-4-13)5-9(7-10)11(14)15/h4-7H,2H2,(H,14,15). The van der Waals surface area contributed by atoms with E-state index in [1.807, 2.05) is 0 Å². The van der Waals surface area contributed by atoms with Gasteiger partial charge < -0.3 is 9.90 Å². The molecule has 0 amide bonds. The number of aromatic carboxylic acids is 1. The first-order valence-corrected chi connectivity index (χ1v) is 4.89. The van der Waals surface area contributed by atoms with Crippen LogP contribution in [-0.4, -0.2) is 17.4 Å². The Morgan fingerprint density at radius 3 is 2.80 bits per heavy atom. The van der Waals surface area contributed by atoms with Crippen molar-refractivity contribution in [3.05, 3.63) is 33.8 Å². The minimum absolute atomic E-state index is 0.148. The fourth-order valence-electron chi connectivity index (χ4n) is 0.980. The SMILES string of the molecule is O=CCC#Cc1cc(Br)cc(C(=O)O)c1. The first-order valence-electron chi connectivity index (χ1n) is 4.10. The number of rotatable bonds is 2. The van der Waals surface area contributed by atoms with Crippen molar-refractivity contribution in [3.63, 3.8) is 0 Å². The number of carbonyl (C=O) groups is 2. The number of halogens is 1. The summed E-state index contributed by atoms with van der Waals surface area (Å²) < 4.78 is 0.651. The Hall–Kier alpha value is -1.60. The molecule has 0 saturated heterocycles. The van der Waals surface area contributed by atoms with E-state index in [1.165, 1.54) is 12.1 Å². The van der Waals surface area contributed by atoms with Crippen LogP contribution in [0.1, 0.15) is 22.3 Å². The van der Waals surface area contributed by atoms with Gasteiger partial charge in [0.05, 0.1) is 12.0 Å². The van der Waals surface area contributed by atoms with Crippen LogP contribution in [0.2, 0.25) is 0 Å². The molecule has 3 nitrogen and oxygen atoms in total. The van der Waals surface area contributed by atoms with Gasteiger partial charge >= 0.3 is 5.97 Å². The molecule has 0 aliphatic rings. The van der Waals surface area contributed by atoms with Crippen molar-refractivity contribution in [2.24, 2.45) is 0 Å². The highest BCUT2D eigenvalue weighted by Gasteiger charge is 2.04. The van der Waals surface area contributed by atoms with Crippen molar-refractivity contribution < 1.29 is 14.7 Å². The summed E-state index contributed by atoms with van der Waals surface area (Å²) in [5.41, 5.74) is 0.739. The lowest BCUT2D eigenvalue weighted by atomic mass is 10.1. The zero-order chi connectivity index (χ0) is 11.3. The quantitative estimate of drug-likeness (QED) is 0.659. The van der Waals surface area contributed by atoms with Gasteiger partial charge in [0.25, 0.3) is 0 Å². The fraction of sp³-hybridized carbons (Fsp3) is 0.0909. The van der Waals surface area contributed by atoms with E-state index in [0.29, 0.717) is 16.3 Å². The van der Waals surface area contributed by atoms with Gasteiger partial charge in [-0.15, -0.1) is 0 Å². The molecular formula is C11H7BrO3. The molecule has 0 saturated carbocycles. The third-order valence-electron chi connectivity index (χ3n) is 1.56. The molecule has 1 rings (SSSR count). The summed E-state index contributed by atoms with van der Waals surface area (Å²) in [6.45, 7) is 0. The minimum Gasteiger partial charge on any atom is -0.478 e. The summed E-state index contributed by atoms with van der Waals surface area (Å²) in [5.74, 6) is 4.32. The predicted octanol–water partition coefficient (Wildman–Crippen LogP) is 2.09. The Kier molecular flexibility index (Phi) is 4.07. The van der Waals surface area contributed by atoms with E-state index in [0.717, 1.165) is 0 Å². The molecule has 0 heterocycles. The summed E-state index contributed by atoms with van der Waals surface area (Å²) in [6.07, 6.45) is 0.845. The molecule has 0 atom stereocenters. The van der Waals surface area contributed by atoms with Crippen LogP contribution in [0.3, 0.4) is 0 Å². The highest BCUT2D eigenvalue weighted by Crippen LogP contribution is 2.15. The van der Waals surface area contributed by atoms with Gasteiger partial charge in [-0.05, 0) is 18.2 Å². The number of hydrogen-bond donors (Lipinski definition) is 1. The number of carboxylic acid groups (broad SMARTS) is 1. The molecule has 0 radical (unpaired) electrons. The molecule has 15 heavy (non-hydrogen) atoms. The third-order valence-corrected chi connectivity index (χ3v) is 2.02. The van der Waals surface area contributed by atoms with Crippen molar-refractivity contribution in [2.45, 2.75) is 6.42 Å². The summed E-state index contributed by atoms with van der Waals surface area (Å²) >= 11 is 3.19. The van der Waals surface area contributed by atoms with Gasteiger partial charge in [-0.1, -0.05) is 27.8 Å². The van der Waals surface area contributed by atoms with Crippen molar-refractivity contribution >= 4 is 28.2 Å². The molecule has 0 fully saturated rings. The molecule has 0 aromatic heterocycles. The van der Waals surface area contributed by atoms with E-state index >= 15 is 0 Å². The monoisotopic (exact) mass is 266 g/mol. The van der Waals surface area contributed by atoms with Crippen molar-refractivity contribution in [1.82, 2.24) is 0 Å². The molecule has 0 aliphatic carbocycles. The van der Waals surface area contributed by atoms with E-state index in [2.05, 4.69) is 27.8 Å². The number of benzene rings is 1. The minimum atomic E-state index is -1.00. The van der Waals surface area contributed by atoms with Crippen molar-refractivity contribution in [1.29, 1.82) is 0 Å². The van der Waals surface area contributed by atoms with E-state index in [-0.39, 0.29) is 12.0 Å². The zero-order valence-corrected chi connectivity index (χ0v) is 9.24. The van der Waals surface area contributed by atoms with Crippen LogP contribution in [0, 0.1) is 11.8 Å². The Labute approximate surface area is 95.2 Å². The Morgan fingerprint density at radius 2 is 2.20 bits per heavy atom. The Balaban J connectivity index is 3.05. The maximum Gasteiger partial charge on any atom is 0.335 e. The average molecular weight is 267 g/mol. The summed E-state index contributed by atoms with van der Waals surface area (Å²) in [5, 5.41) is 8.78. The van der Waals surface area contributed by atoms with Crippen LogP contribution < -0.4 is 0 Å². The van der Waals surface area contributed by atoms with E-state index < -0.39 is 5.97 Å². The Morgan fingerprint density at radius 1 is 1.47 bits per heavy atom. The maximum absolute atomic E-state index is 10.7. The van der Waals surface area contributed by atoms with E-state index in [1.54, 1.807) is 6.07 Å². The van der Waals surface area contributed by atoms with Gasteiger partial charge in [-0.2, -0.15) is 0 Å².